The Bertz CT molecular complexity index is 5790. The summed E-state index contributed by atoms with van der Waals surface area (Å²) in [6.45, 7) is 0. The summed E-state index contributed by atoms with van der Waals surface area (Å²) in [7, 11) is 0. The molecule has 0 atom stereocenters. The van der Waals surface area contributed by atoms with E-state index in [1.807, 2.05) is 0 Å². The van der Waals surface area contributed by atoms with Gasteiger partial charge in [-0.1, -0.05) is 152 Å². The number of hydrogen-bond donors (Lipinski definition) is 0. The third-order valence-electron chi connectivity index (χ3n) is 19.8. The summed E-state index contributed by atoms with van der Waals surface area (Å²) >= 11 is 0. The van der Waals surface area contributed by atoms with Crippen molar-refractivity contribution >= 4 is 131 Å². The van der Waals surface area contributed by atoms with Crippen molar-refractivity contribution in [3.63, 3.8) is 0 Å². The first-order valence-electron chi connectivity index (χ1n) is 31.6. The van der Waals surface area contributed by atoms with Gasteiger partial charge >= 0.3 is 0 Å². The quantitative estimate of drug-likeness (QED) is 0.157. The molecule has 0 aliphatic heterocycles. The molecule has 6 aromatic heterocycles. The minimum Gasteiger partial charge on any atom is -0.309 e. The summed E-state index contributed by atoms with van der Waals surface area (Å²) in [4.78, 5) is 0. The van der Waals surface area contributed by atoms with Crippen LogP contribution in [0.1, 0.15) is 5.56 Å². The summed E-state index contributed by atoms with van der Waals surface area (Å²) < 4.78 is 47.5. The van der Waals surface area contributed by atoms with Gasteiger partial charge in [-0.3, -0.25) is 0 Å². The smallest absolute Gasteiger partial charge is 0.133 e. The molecule has 20 rings (SSSR count). The van der Waals surface area contributed by atoms with Crippen LogP contribution in [0.3, 0.4) is 0 Å². The normalized spacial score (nSPS) is 12.1. The van der Waals surface area contributed by atoms with Crippen molar-refractivity contribution in [2.75, 3.05) is 0 Å². The highest BCUT2D eigenvalue weighted by atomic mass is 19.1. The Kier molecular flexibility index (Phi) is 10.9. The minimum absolute atomic E-state index is 0.194. The van der Waals surface area contributed by atoms with Gasteiger partial charge in [0.15, 0.2) is 0 Å². The van der Waals surface area contributed by atoms with Crippen LogP contribution in [0.15, 0.2) is 297 Å². The Morgan fingerprint density at radius 2 is 0.447 bits per heavy atom. The lowest BCUT2D eigenvalue weighted by Gasteiger charge is -2.19. The summed E-state index contributed by atoms with van der Waals surface area (Å²) in [6.07, 6.45) is 0. The number of aromatic nitrogens is 6. The molecule has 0 N–H and O–H groups in total. The molecule has 0 bridgehead atoms. The number of fused-ring (bicyclic) bond motifs is 18. The second-order valence-corrected chi connectivity index (χ2v) is 24.6. The van der Waals surface area contributed by atoms with Crippen molar-refractivity contribution < 1.29 is 8.78 Å². The Morgan fingerprint density at radius 1 is 0.223 bits per heavy atom. The van der Waals surface area contributed by atoms with Gasteiger partial charge in [-0.25, -0.2) is 8.78 Å². The van der Waals surface area contributed by atoms with Crippen LogP contribution in [0, 0.1) is 23.0 Å². The van der Waals surface area contributed by atoms with Crippen molar-refractivity contribution in [3.05, 3.63) is 314 Å². The summed E-state index contributed by atoms with van der Waals surface area (Å²) in [5, 5.41) is 25.2. The zero-order valence-electron chi connectivity index (χ0n) is 50.2. The van der Waals surface area contributed by atoms with Gasteiger partial charge in [0.05, 0.1) is 83.1 Å². The Labute approximate surface area is 535 Å². The van der Waals surface area contributed by atoms with E-state index in [-0.39, 0.29) is 11.1 Å². The van der Waals surface area contributed by atoms with E-state index in [0.29, 0.717) is 16.9 Å². The monoisotopic (exact) mass is 1210 g/mol. The average molecular weight is 1210 g/mol. The van der Waals surface area contributed by atoms with Gasteiger partial charge in [-0.05, 0) is 151 Å². The van der Waals surface area contributed by atoms with Crippen molar-refractivity contribution in [2.24, 2.45) is 0 Å². The highest BCUT2D eigenvalue weighted by Crippen LogP contribution is 2.46. The number of nitrogens with zero attached hydrogens (tertiary/aromatic N) is 7. The molecule has 20 aromatic rings. The van der Waals surface area contributed by atoms with E-state index in [9.17, 15) is 5.26 Å². The molecule has 0 saturated heterocycles. The van der Waals surface area contributed by atoms with Crippen molar-refractivity contribution in [1.29, 1.82) is 5.26 Å². The van der Waals surface area contributed by atoms with Crippen molar-refractivity contribution in [1.82, 2.24) is 27.4 Å². The molecule has 438 valence electrons. The first-order valence-corrected chi connectivity index (χ1v) is 31.6. The van der Waals surface area contributed by atoms with Gasteiger partial charge in [0.25, 0.3) is 0 Å². The second-order valence-electron chi connectivity index (χ2n) is 24.6. The van der Waals surface area contributed by atoms with E-state index in [1.54, 1.807) is 12.1 Å². The fourth-order valence-corrected chi connectivity index (χ4v) is 15.9. The van der Waals surface area contributed by atoms with Crippen LogP contribution in [0.4, 0.5) is 8.78 Å². The van der Waals surface area contributed by atoms with Crippen LogP contribution in [0.2, 0.25) is 0 Å². The third kappa shape index (κ3) is 7.22. The van der Waals surface area contributed by atoms with E-state index >= 15 is 8.78 Å². The number of nitriles is 1. The van der Waals surface area contributed by atoms with Gasteiger partial charge in [0.1, 0.15) is 23.3 Å². The minimum atomic E-state index is -0.718. The lowest BCUT2D eigenvalue weighted by atomic mass is 9.99. The number of benzene rings is 14. The molecule has 0 amide bonds. The highest BCUT2D eigenvalue weighted by Gasteiger charge is 2.27. The standard InChI is InChI=1S/C85H49F2N7/c86-69-26-17-27-70(87)85(69)51-44-83(93-79-40-36-52(89-71-28-9-1-18-56(71)57-19-2-10-29-72(57)89)46-64(79)65-47-53(37-41-80(65)93)90-73-30-11-3-20-58(73)59-21-4-12-31-74(59)90)68(50-88)84(45-51)94-81-42-38-54(91-75-32-13-5-22-60(75)61-23-6-14-33-76(61)91)48-66(81)67-49-55(39-43-82(67)94)92-77-34-15-7-24-62(77)63-25-8-16-35-78(63)92/h1-49H. The second kappa shape index (κ2) is 19.6. The average Bonchev–Trinajstić information content (AvgIpc) is 1.54. The van der Waals surface area contributed by atoms with Gasteiger partial charge in [-0.2, -0.15) is 5.26 Å². The lowest BCUT2D eigenvalue weighted by molar-refractivity contribution is 0.589. The number of hydrogen-bond acceptors (Lipinski definition) is 1. The van der Waals surface area contributed by atoms with Gasteiger partial charge in [0, 0.05) is 87.4 Å². The van der Waals surface area contributed by atoms with Crippen LogP contribution < -0.4 is 0 Å². The van der Waals surface area contributed by atoms with Gasteiger partial charge in [0.2, 0.25) is 0 Å². The summed E-state index contributed by atoms with van der Waals surface area (Å²) in [5.41, 5.74) is 17.0. The molecule has 7 nitrogen and oxygen atoms in total. The Hall–Kier alpha value is -12.8. The van der Waals surface area contributed by atoms with Crippen LogP contribution >= 0.6 is 0 Å². The molecular formula is C85H49F2N7. The van der Waals surface area contributed by atoms with Crippen molar-refractivity contribution in [2.45, 2.75) is 0 Å². The van der Waals surface area contributed by atoms with Gasteiger partial charge < -0.3 is 27.4 Å². The first kappa shape index (κ1) is 52.0. The van der Waals surface area contributed by atoms with Gasteiger partial charge in [-0.15, -0.1) is 0 Å². The fourth-order valence-electron chi connectivity index (χ4n) is 15.9. The van der Waals surface area contributed by atoms with E-state index in [2.05, 4.69) is 300 Å². The molecule has 9 heteroatoms. The maximum absolute atomic E-state index is 17.0. The molecule has 0 unspecified atom stereocenters. The number of para-hydroxylation sites is 8. The SMILES string of the molecule is N#Cc1c(-n2c3ccc(-n4c5ccccc5c5ccccc54)cc3c3cc(-n4c5ccccc5c5ccccc54)ccc32)cc(-c2c(F)cccc2F)cc1-n1c2ccc(-n3c4ccccc4c4ccccc43)cc2c2cc(-n3c4ccccc4c4ccccc43)ccc21. The van der Waals surface area contributed by atoms with Crippen LogP contribution in [0.25, 0.3) is 176 Å². The summed E-state index contributed by atoms with van der Waals surface area (Å²) in [5.74, 6) is -1.44. The van der Waals surface area contributed by atoms with E-state index in [4.69, 9.17) is 0 Å². The maximum Gasteiger partial charge on any atom is 0.133 e. The molecule has 14 aromatic carbocycles. The molecule has 94 heavy (non-hydrogen) atoms. The van der Waals surface area contributed by atoms with E-state index in [0.717, 1.165) is 154 Å². The molecule has 6 heterocycles. The van der Waals surface area contributed by atoms with Crippen molar-refractivity contribution in [3.8, 4) is 51.3 Å². The largest absolute Gasteiger partial charge is 0.309 e. The Morgan fingerprint density at radius 3 is 0.681 bits per heavy atom. The topological polar surface area (TPSA) is 53.4 Å². The molecule has 0 spiro atoms. The predicted octanol–water partition coefficient (Wildman–Crippen LogP) is 22.1. The predicted molar refractivity (Wildman–Crippen MR) is 383 cm³/mol. The van der Waals surface area contributed by atoms with Crippen LogP contribution in [-0.4, -0.2) is 27.4 Å². The van der Waals surface area contributed by atoms with Crippen LogP contribution in [-0.2, 0) is 0 Å². The molecular weight excluding hydrogens is 1160 g/mol. The molecule has 0 saturated carbocycles. The lowest BCUT2D eigenvalue weighted by Crippen LogP contribution is -2.06. The molecule has 0 radical (unpaired) electrons. The van der Waals surface area contributed by atoms with Crippen LogP contribution in [0.5, 0.6) is 0 Å². The molecule has 0 fully saturated rings. The highest BCUT2D eigenvalue weighted by molar-refractivity contribution is 6.17. The number of rotatable bonds is 7. The Balaban J connectivity index is 0.901. The third-order valence-corrected chi connectivity index (χ3v) is 19.8. The molecule has 0 aliphatic rings. The van der Waals surface area contributed by atoms with E-state index in [1.165, 1.54) is 18.2 Å². The zero-order chi connectivity index (χ0) is 62.0. The number of halogens is 2. The fraction of sp³-hybridized carbons (Fsp3) is 0. The van der Waals surface area contributed by atoms with E-state index < -0.39 is 11.6 Å². The maximum atomic E-state index is 17.0. The first-order chi connectivity index (χ1) is 46.5. The zero-order valence-corrected chi connectivity index (χ0v) is 50.2. The molecule has 0 aliphatic carbocycles. The summed E-state index contributed by atoms with van der Waals surface area (Å²) in [6, 6.07) is 105.